The molecule has 144 valence electrons. The molecule has 0 radical (unpaired) electrons. The van der Waals surface area contributed by atoms with Crippen molar-refractivity contribution in [1.82, 2.24) is 15.5 Å². The van der Waals surface area contributed by atoms with Crippen LogP contribution in [0.3, 0.4) is 0 Å². The van der Waals surface area contributed by atoms with E-state index in [1.807, 2.05) is 30.3 Å². The van der Waals surface area contributed by atoms with E-state index in [2.05, 4.69) is 21.5 Å². The minimum absolute atomic E-state index is 0.0536. The van der Waals surface area contributed by atoms with Crippen LogP contribution in [0, 0.1) is 0 Å². The maximum Gasteiger partial charge on any atom is 0.258 e. The zero-order valence-corrected chi connectivity index (χ0v) is 16.0. The highest BCUT2D eigenvalue weighted by Gasteiger charge is 2.15. The first-order chi connectivity index (χ1) is 13.7. The van der Waals surface area contributed by atoms with Crippen molar-refractivity contribution >= 4 is 17.5 Å². The lowest BCUT2D eigenvalue weighted by Crippen LogP contribution is -2.28. The van der Waals surface area contributed by atoms with Crippen LogP contribution in [0.1, 0.15) is 29.9 Å². The van der Waals surface area contributed by atoms with E-state index in [0.717, 1.165) is 25.0 Å². The molecule has 0 bridgehead atoms. The summed E-state index contributed by atoms with van der Waals surface area (Å²) in [5.74, 6) is 1.25. The number of carbonyl (C=O) groups is 1. The molecule has 0 atom stereocenters. The molecule has 1 aromatic heterocycles. The topological polar surface area (TPSA) is 77.2 Å². The van der Waals surface area contributed by atoms with Crippen LogP contribution in [-0.2, 0) is 24.2 Å². The number of ether oxygens (including phenoxy) is 1. The largest absolute Gasteiger partial charge is 0.483 e. The van der Waals surface area contributed by atoms with Gasteiger partial charge >= 0.3 is 0 Å². The minimum Gasteiger partial charge on any atom is -0.483 e. The Morgan fingerprint density at radius 2 is 2.00 bits per heavy atom. The predicted octanol–water partition coefficient (Wildman–Crippen LogP) is 3.96. The van der Waals surface area contributed by atoms with Gasteiger partial charge in [0.15, 0.2) is 6.61 Å². The molecule has 6 nitrogen and oxygen atoms in total. The number of fused-ring (bicyclic) bond motifs is 1. The minimum atomic E-state index is -0.245. The van der Waals surface area contributed by atoms with Gasteiger partial charge in [-0.2, -0.15) is 4.98 Å². The van der Waals surface area contributed by atoms with Gasteiger partial charge in [0, 0.05) is 5.56 Å². The van der Waals surface area contributed by atoms with E-state index in [1.54, 1.807) is 6.07 Å². The van der Waals surface area contributed by atoms with E-state index in [1.165, 1.54) is 17.5 Å². The molecule has 2 aromatic carbocycles. The second-order valence-electron chi connectivity index (χ2n) is 6.66. The van der Waals surface area contributed by atoms with Crippen molar-refractivity contribution in [2.45, 2.75) is 32.2 Å². The fraction of sp³-hybridized carbons (Fsp3) is 0.286. The van der Waals surface area contributed by atoms with E-state index in [9.17, 15) is 4.79 Å². The zero-order chi connectivity index (χ0) is 19.3. The molecule has 0 saturated carbocycles. The van der Waals surface area contributed by atoms with Crippen molar-refractivity contribution in [3.05, 3.63) is 64.5 Å². The molecule has 1 amide bonds. The summed E-state index contributed by atoms with van der Waals surface area (Å²) >= 11 is 6.14. The molecule has 1 aliphatic carbocycles. The summed E-state index contributed by atoms with van der Waals surface area (Å²) < 4.78 is 10.9. The second kappa shape index (κ2) is 8.44. The molecule has 1 heterocycles. The third-order valence-corrected chi connectivity index (χ3v) is 5.06. The van der Waals surface area contributed by atoms with E-state index in [0.29, 0.717) is 22.3 Å². The lowest BCUT2D eigenvalue weighted by molar-refractivity contribution is -0.123. The number of nitrogens with one attached hydrogen (secondary N) is 1. The quantitative estimate of drug-likeness (QED) is 0.681. The highest BCUT2D eigenvalue weighted by molar-refractivity contribution is 6.33. The van der Waals surface area contributed by atoms with Gasteiger partial charge in [-0.15, -0.1) is 0 Å². The van der Waals surface area contributed by atoms with Crippen molar-refractivity contribution in [3.8, 4) is 17.1 Å². The van der Waals surface area contributed by atoms with Gasteiger partial charge in [0.25, 0.3) is 5.91 Å². The summed E-state index contributed by atoms with van der Waals surface area (Å²) in [5.41, 5.74) is 3.23. The van der Waals surface area contributed by atoms with E-state index >= 15 is 0 Å². The van der Waals surface area contributed by atoms with Crippen molar-refractivity contribution in [2.75, 3.05) is 6.61 Å². The van der Waals surface area contributed by atoms with Gasteiger partial charge in [0.2, 0.25) is 11.7 Å². The first-order valence-corrected chi connectivity index (χ1v) is 9.66. The Hall–Kier alpha value is -2.86. The Morgan fingerprint density at radius 1 is 1.14 bits per heavy atom. The summed E-state index contributed by atoms with van der Waals surface area (Å²) in [7, 11) is 0. The van der Waals surface area contributed by atoms with Gasteiger partial charge in [0.1, 0.15) is 5.75 Å². The first-order valence-electron chi connectivity index (χ1n) is 9.28. The first kappa shape index (κ1) is 18.5. The number of halogens is 1. The average molecular weight is 398 g/mol. The van der Waals surface area contributed by atoms with Gasteiger partial charge in [-0.3, -0.25) is 4.79 Å². The molecule has 1 N–H and O–H groups in total. The maximum atomic E-state index is 12.1. The Balaban J connectivity index is 1.32. The van der Waals surface area contributed by atoms with Crippen molar-refractivity contribution in [1.29, 1.82) is 0 Å². The van der Waals surface area contributed by atoms with Crippen LogP contribution >= 0.6 is 11.6 Å². The Bertz CT molecular complexity index is 987. The number of nitrogens with zero attached hydrogens (tertiary/aromatic N) is 2. The Kier molecular flexibility index (Phi) is 5.58. The molecule has 7 heteroatoms. The van der Waals surface area contributed by atoms with Gasteiger partial charge in [-0.05, 0) is 55.0 Å². The number of rotatable bonds is 6. The summed E-state index contributed by atoms with van der Waals surface area (Å²) in [4.78, 5) is 16.4. The average Bonchev–Trinajstić information content (AvgIpc) is 3.20. The highest BCUT2D eigenvalue weighted by Crippen LogP contribution is 2.29. The van der Waals surface area contributed by atoms with Crippen LogP contribution < -0.4 is 10.1 Å². The van der Waals surface area contributed by atoms with E-state index < -0.39 is 0 Å². The molecule has 0 fully saturated rings. The lowest BCUT2D eigenvalue weighted by Gasteiger charge is -2.19. The van der Waals surface area contributed by atoms with Crippen LogP contribution in [0.15, 0.2) is 47.0 Å². The molecule has 0 unspecified atom stereocenters. The summed E-state index contributed by atoms with van der Waals surface area (Å²) in [6.45, 7) is 0.0779. The molecule has 4 rings (SSSR count). The molecular weight excluding hydrogens is 378 g/mol. The van der Waals surface area contributed by atoms with Crippen molar-refractivity contribution < 1.29 is 14.1 Å². The standard InChI is InChI=1S/C21H20ClN3O3/c22-17-10-4-3-9-16(17)21-24-20(28-25-21)12-23-19(26)13-27-18-11-5-7-14-6-1-2-8-15(14)18/h3-5,7,9-11H,1-2,6,8,12-13H2,(H,23,26). The fourth-order valence-corrected chi connectivity index (χ4v) is 3.55. The van der Waals surface area contributed by atoms with Gasteiger partial charge < -0.3 is 14.6 Å². The SMILES string of the molecule is O=C(COc1cccc2c1CCCC2)NCc1nc(-c2ccccc2Cl)no1. The third kappa shape index (κ3) is 4.17. The molecule has 1 aliphatic rings. The van der Waals surface area contributed by atoms with Crippen LogP contribution in [0.2, 0.25) is 5.02 Å². The fourth-order valence-electron chi connectivity index (χ4n) is 3.33. The second-order valence-corrected chi connectivity index (χ2v) is 7.07. The maximum absolute atomic E-state index is 12.1. The number of amides is 1. The van der Waals surface area contributed by atoms with E-state index in [-0.39, 0.29) is 19.1 Å². The lowest BCUT2D eigenvalue weighted by atomic mass is 9.91. The van der Waals surface area contributed by atoms with Gasteiger partial charge in [-0.25, -0.2) is 0 Å². The molecule has 0 aliphatic heterocycles. The number of hydrogen-bond acceptors (Lipinski definition) is 5. The number of hydrogen-bond donors (Lipinski definition) is 1. The monoisotopic (exact) mass is 397 g/mol. The zero-order valence-electron chi connectivity index (χ0n) is 15.3. The normalized spacial score (nSPS) is 13.0. The van der Waals surface area contributed by atoms with Crippen molar-refractivity contribution in [2.24, 2.45) is 0 Å². The van der Waals surface area contributed by atoms with Crippen LogP contribution in [0.5, 0.6) is 5.75 Å². The Labute approximate surface area is 167 Å². The summed E-state index contributed by atoms with van der Waals surface area (Å²) in [5, 5.41) is 7.19. The summed E-state index contributed by atoms with van der Waals surface area (Å²) in [6, 6.07) is 13.3. The van der Waals surface area contributed by atoms with Gasteiger partial charge in [-0.1, -0.05) is 41.0 Å². The number of aryl methyl sites for hydroxylation is 1. The van der Waals surface area contributed by atoms with Gasteiger partial charge in [0.05, 0.1) is 11.6 Å². The summed E-state index contributed by atoms with van der Waals surface area (Å²) in [6.07, 6.45) is 4.44. The number of benzene rings is 2. The molecule has 0 saturated heterocycles. The van der Waals surface area contributed by atoms with Crippen LogP contribution in [0.4, 0.5) is 0 Å². The molecule has 0 spiro atoms. The Morgan fingerprint density at radius 3 is 2.89 bits per heavy atom. The predicted molar refractivity (Wildman–Crippen MR) is 105 cm³/mol. The smallest absolute Gasteiger partial charge is 0.258 e. The number of carbonyl (C=O) groups excluding carboxylic acids is 1. The third-order valence-electron chi connectivity index (χ3n) is 4.73. The van der Waals surface area contributed by atoms with Crippen molar-refractivity contribution in [3.63, 3.8) is 0 Å². The van der Waals surface area contributed by atoms with Crippen LogP contribution in [0.25, 0.3) is 11.4 Å². The molecule has 3 aromatic rings. The highest BCUT2D eigenvalue weighted by atomic mass is 35.5. The molecule has 28 heavy (non-hydrogen) atoms. The molecular formula is C21H20ClN3O3. The number of aromatic nitrogens is 2. The van der Waals surface area contributed by atoms with Crippen LogP contribution in [-0.4, -0.2) is 22.7 Å². The van der Waals surface area contributed by atoms with E-state index in [4.69, 9.17) is 20.9 Å².